The summed E-state index contributed by atoms with van der Waals surface area (Å²) in [5, 5.41) is 3.92. The minimum absolute atomic E-state index is 0.00171. The zero-order valence-corrected chi connectivity index (χ0v) is 20.2. The van der Waals surface area contributed by atoms with Gasteiger partial charge in [0.1, 0.15) is 24.9 Å². The number of methoxy groups -OCH3 is 1. The summed E-state index contributed by atoms with van der Waals surface area (Å²) in [5.74, 6) is -0.327. The first kappa shape index (κ1) is 26.7. The molecule has 0 aliphatic rings. The summed E-state index contributed by atoms with van der Waals surface area (Å²) in [5.41, 5.74) is 1.03. The maximum Gasteiger partial charge on any atom is 0.416 e. The first-order valence-corrected chi connectivity index (χ1v) is 11.3. The number of benzene rings is 2. The van der Waals surface area contributed by atoms with E-state index in [1.54, 1.807) is 32.0 Å². The monoisotopic (exact) mass is 504 g/mol. The van der Waals surface area contributed by atoms with Crippen LogP contribution in [0.1, 0.15) is 30.5 Å². The average Bonchev–Trinajstić information content (AvgIpc) is 3.35. The fraction of sp³-hybridized carbons (Fsp3) is 0.360. The summed E-state index contributed by atoms with van der Waals surface area (Å²) in [6.07, 6.45) is -1.88. The smallest absolute Gasteiger partial charge is 0.416 e. The van der Waals surface area contributed by atoms with Crippen LogP contribution in [0.25, 0.3) is 11.1 Å². The predicted octanol–water partition coefficient (Wildman–Crippen LogP) is 4.13. The molecule has 11 heteroatoms. The van der Waals surface area contributed by atoms with Gasteiger partial charge in [-0.1, -0.05) is 12.1 Å². The molecular weight excluding hydrogens is 477 g/mol. The third-order valence-corrected chi connectivity index (χ3v) is 5.50. The molecule has 192 valence electrons. The number of likely N-dealkylation sites (N-methyl/N-ethyl adjacent to an activating group) is 1. The van der Waals surface area contributed by atoms with E-state index in [1.807, 2.05) is 0 Å². The van der Waals surface area contributed by atoms with Gasteiger partial charge in [-0.2, -0.15) is 18.3 Å². The summed E-state index contributed by atoms with van der Waals surface area (Å²) >= 11 is 0. The standard InChI is InChI=1S/C25H27F3N4O4/c1-4-31(23(33)14-32-16-29-15-30-32)13-18-12-19(25(26,27)28)7-8-20(18)21-10-17(6-9-22(21)35-3)11-24(34)36-5-2/h6-10,12,15-16H,4-5,11,13-14H2,1-3H3. The first-order valence-electron chi connectivity index (χ1n) is 11.3. The summed E-state index contributed by atoms with van der Waals surface area (Å²) in [7, 11) is 1.45. The largest absolute Gasteiger partial charge is 0.496 e. The van der Waals surface area contributed by atoms with Crippen molar-refractivity contribution in [1.82, 2.24) is 19.7 Å². The fourth-order valence-corrected chi connectivity index (χ4v) is 3.75. The molecule has 1 amide bonds. The van der Waals surface area contributed by atoms with Crippen LogP contribution in [-0.4, -0.2) is 51.8 Å². The van der Waals surface area contributed by atoms with Gasteiger partial charge in [0, 0.05) is 18.7 Å². The van der Waals surface area contributed by atoms with Crippen LogP contribution in [0.15, 0.2) is 49.1 Å². The average molecular weight is 505 g/mol. The maximum atomic E-state index is 13.6. The number of carbonyl (C=O) groups excluding carboxylic acids is 2. The number of halogens is 3. The third-order valence-electron chi connectivity index (χ3n) is 5.50. The van der Waals surface area contributed by atoms with Gasteiger partial charge >= 0.3 is 12.1 Å². The van der Waals surface area contributed by atoms with Gasteiger partial charge in [-0.15, -0.1) is 0 Å². The molecule has 0 bridgehead atoms. The number of aromatic nitrogens is 3. The zero-order valence-electron chi connectivity index (χ0n) is 20.2. The number of ether oxygens (including phenoxy) is 2. The van der Waals surface area contributed by atoms with Gasteiger partial charge in [-0.3, -0.25) is 9.59 Å². The Morgan fingerprint density at radius 1 is 1.08 bits per heavy atom. The molecule has 3 rings (SSSR count). The molecule has 0 atom stereocenters. The van der Waals surface area contributed by atoms with Gasteiger partial charge in [0.15, 0.2) is 0 Å². The Labute approximate surface area is 206 Å². The van der Waals surface area contributed by atoms with Crippen molar-refractivity contribution < 1.29 is 32.2 Å². The van der Waals surface area contributed by atoms with Crippen LogP contribution in [0.2, 0.25) is 0 Å². The quantitative estimate of drug-likeness (QED) is 0.386. The van der Waals surface area contributed by atoms with Gasteiger partial charge in [-0.25, -0.2) is 9.67 Å². The molecular formula is C25H27F3N4O4. The Morgan fingerprint density at radius 2 is 1.86 bits per heavy atom. The first-order chi connectivity index (χ1) is 17.2. The van der Waals surface area contributed by atoms with E-state index in [4.69, 9.17) is 9.47 Å². The third kappa shape index (κ3) is 6.61. The van der Waals surface area contributed by atoms with Gasteiger partial charge in [-0.05, 0) is 54.8 Å². The molecule has 2 aromatic carbocycles. The number of amides is 1. The molecule has 0 radical (unpaired) electrons. The van der Waals surface area contributed by atoms with Gasteiger partial charge < -0.3 is 14.4 Å². The maximum absolute atomic E-state index is 13.6. The molecule has 0 unspecified atom stereocenters. The lowest BCUT2D eigenvalue weighted by Gasteiger charge is -2.24. The highest BCUT2D eigenvalue weighted by molar-refractivity contribution is 5.79. The number of carbonyl (C=O) groups is 2. The Kier molecular flexibility index (Phi) is 8.68. The van der Waals surface area contributed by atoms with Crippen LogP contribution < -0.4 is 4.74 Å². The molecule has 1 heterocycles. The van der Waals surface area contributed by atoms with Gasteiger partial charge in [0.2, 0.25) is 5.91 Å². The molecule has 36 heavy (non-hydrogen) atoms. The summed E-state index contributed by atoms with van der Waals surface area (Å²) < 4.78 is 52.6. The van der Waals surface area contributed by atoms with Gasteiger partial charge in [0.05, 0.1) is 25.7 Å². The van der Waals surface area contributed by atoms with E-state index in [9.17, 15) is 22.8 Å². The van der Waals surface area contributed by atoms with E-state index in [0.29, 0.717) is 22.4 Å². The van der Waals surface area contributed by atoms with E-state index in [1.165, 1.54) is 35.4 Å². The lowest BCUT2D eigenvalue weighted by molar-refractivity contribution is -0.142. The molecule has 3 aromatic rings. The number of alkyl halides is 3. The Bertz CT molecular complexity index is 1200. The molecule has 0 saturated carbocycles. The Balaban J connectivity index is 2.04. The lowest BCUT2D eigenvalue weighted by atomic mass is 9.94. The van der Waals surface area contributed by atoms with Crippen molar-refractivity contribution in [3.05, 3.63) is 65.7 Å². The SMILES string of the molecule is CCOC(=O)Cc1ccc(OC)c(-c2ccc(C(F)(F)F)cc2CN(CC)C(=O)Cn2cncn2)c1. The Hall–Kier alpha value is -3.89. The number of esters is 1. The highest BCUT2D eigenvalue weighted by Gasteiger charge is 2.31. The molecule has 1 aromatic heterocycles. The van der Waals surface area contributed by atoms with Crippen LogP contribution in [0, 0.1) is 0 Å². The number of hydrogen-bond acceptors (Lipinski definition) is 6. The summed E-state index contributed by atoms with van der Waals surface area (Å²) in [6.45, 7) is 3.78. The van der Waals surface area contributed by atoms with Crippen molar-refractivity contribution in [2.24, 2.45) is 0 Å². The molecule has 0 fully saturated rings. The molecule has 0 saturated heterocycles. The van der Waals surface area contributed by atoms with Crippen molar-refractivity contribution in [2.45, 2.75) is 39.5 Å². The second kappa shape index (κ2) is 11.7. The second-order valence-electron chi connectivity index (χ2n) is 7.89. The molecule has 8 nitrogen and oxygen atoms in total. The highest BCUT2D eigenvalue weighted by Crippen LogP contribution is 2.38. The van der Waals surface area contributed by atoms with Crippen molar-refractivity contribution in [2.75, 3.05) is 20.3 Å². The van der Waals surface area contributed by atoms with Crippen molar-refractivity contribution in [3.8, 4) is 16.9 Å². The molecule has 0 spiro atoms. The highest BCUT2D eigenvalue weighted by atomic mass is 19.4. The normalized spacial score (nSPS) is 11.3. The lowest BCUT2D eigenvalue weighted by Crippen LogP contribution is -2.33. The molecule has 0 N–H and O–H groups in total. The van der Waals surface area contributed by atoms with Crippen LogP contribution in [0.5, 0.6) is 5.75 Å². The number of nitrogens with zero attached hydrogens (tertiary/aromatic N) is 4. The van der Waals surface area contributed by atoms with E-state index < -0.39 is 17.7 Å². The van der Waals surface area contributed by atoms with E-state index in [2.05, 4.69) is 10.1 Å². The Morgan fingerprint density at radius 3 is 2.47 bits per heavy atom. The predicted molar refractivity (Wildman–Crippen MR) is 125 cm³/mol. The van der Waals surface area contributed by atoms with Crippen LogP contribution in [0.4, 0.5) is 13.2 Å². The van der Waals surface area contributed by atoms with Gasteiger partial charge in [0.25, 0.3) is 0 Å². The van der Waals surface area contributed by atoms with E-state index >= 15 is 0 Å². The molecule has 0 aliphatic carbocycles. The van der Waals surface area contributed by atoms with Crippen molar-refractivity contribution >= 4 is 11.9 Å². The minimum Gasteiger partial charge on any atom is -0.496 e. The topological polar surface area (TPSA) is 86.5 Å². The van der Waals surface area contributed by atoms with Crippen LogP contribution in [-0.2, 0) is 40.0 Å². The summed E-state index contributed by atoms with van der Waals surface area (Å²) in [6, 6.07) is 8.43. The zero-order chi connectivity index (χ0) is 26.3. The second-order valence-corrected chi connectivity index (χ2v) is 7.89. The number of rotatable bonds is 10. The fourth-order valence-electron chi connectivity index (χ4n) is 3.75. The van der Waals surface area contributed by atoms with E-state index in [0.717, 1.165) is 12.1 Å². The summed E-state index contributed by atoms with van der Waals surface area (Å²) in [4.78, 5) is 30.1. The van der Waals surface area contributed by atoms with Crippen molar-refractivity contribution in [3.63, 3.8) is 0 Å². The van der Waals surface area contributed by atoms with Crippen LogP contribution in [0.3, 0.4) is 0 Å². The van der Waals surface area contributed by atoms with Crippen molar-refractivity contribution in [1.29, 1.82) is 0 Å². The van der Waals surface area contributed by atoms with E-state index in [-0.39, 0.29) is 44.1 Å². The number of hydrogen-bond donors (Lipinski definition) is 0. The van der Waals surface area contributed by atoms with Crippen LogP contribution >= 0.6 is 0 Å². The molecule has 0 aliphatic heterocycles. The minimum atomic E-state index is -4.56.